The Morgan fingerprint density at radius 3 is 2.45 bits per heavy atom. The van der Waals surface area contributed by atoms with E-state index in [9.17, 15) is 34.8 Å². The van der Waals surface area contributed by atoms with Crippen LogP contribution >= 0.6 is 0 Å². The number of nitrogens with zero attached hydrogens (tertiary/aromatic N) is 5. The number of pyridine rings is 2. The first-order valence-electron chi connectivity index (χ1n) is 21.3. The number of benzene rings is 3. The molecule has 9 rings (SSSR count). The first-order valence-corrected chi connectivity index (χ1v) is 21.3. The highest BCUT2D eigenvalue weighted by molar-refractivity contribution is 5.89. The molecule has 15 nitrogen and oxygen atoms in total. The number of fused-ring (bicyclic) bond motifs is 5. The number of H-pyrrole nitrogens is 1. The summed E-state index contributed by atoms with van der Waals surface area (Å²) < 4.78 is 15.1. The van der Waals surface area contributed by atoms with Crippen LogP contribution < -0.4 is 11.2 Å². The van der Waals surface area contributed by atoms with Gasteiger partial charge in [-0.1, -0.05) is 39.8 Å². The van der Waals surface area contributed by atoms with E-state index < -0.39 is 23.7 Å². The number of aliphatic hydroxyl groups is 1. The van der Waals surface area contributed by atoms with E-state index in [2.05, 4.69) is 10.2 Å². The average Bonchev–Trinajstić information content (AvgIpc) is 3.83. The number of likely N-dealkylation sites (tertiary alicyclic amines) is 1. The molecule has 0 saturated carbocycles. The van der Waals surface area contributed by atoms with E-state index in [0.29, 0.717) is 76.8 Å². The largest absolute Gasteiger partial charge is 0.508 e. The SMILES string of the molecule is CCc1c2c(nc3ccc(O)cc13)-c1cc3c(c(=O)n1C2)COC(O)C3(CC)OC(=O)N1CCC(CCc2ccc(-n3c(-c4cc(C(C)C)c(O)cc4O)n[nH]c3=O)cc2)CC1. The number of rotatable bonds is 9. The van der Waals surface area contributed by atoms with Gasteiger partial charge in [0.1, 0.15) is 17.2 Å². The third-order valence-corrected chi connectivity index (χ3v) is 13.1. The van der Waals surface area contributed by atoms with E-state index in [-0.39, 0.29) is 47.6 Å². The predicted molar refractivity (Wildman–Crippen MR) is 230 cm³/mol. The zero-order valence-electron chi connectivity index (χ0n) is 35.1. The van der Waals surface area contributed by atoms with Crippen LogP contribution in [0.3, 0.4) is 0 Å². The fourth-order valence-electron chi connectivity index (χ4n) is 9.59. The molecule has 1 fully saturated rings. The summed E-state index contributed by atoms with van der Waals surface area (Å²) in [5.74, 6) is 0.488. The maximum atomic E-state index is 14.2. The summed E-state index contributed by atoms with van der Waals surface area (Å²) in [4.78, 5) is 47.6. The summed E-state index contributed by atoms with van der Waals surface area (Å²) >= 11 is 0. The lowest BCUT2D eigenvalue weighted by molar-refractivity contribution is -0.238. The molecule has 0 spiro atoms. The molecule has 3 aliphatic rings. The number of phenolic OH excluding ortho intramolecular Hbond substituents is 3. The molecule has 3 aromatic carbocycles. The summed E-state index contributed by atoms with van der Waals surface area (Å²) in [6, 6.07) is 17.4. The van der Waals surface area contributed by atoms with Crippen molar-refractivity contribution >= 4 is 17.0 Å². The standard InChI is InChI=1S/C47H50N6O9/c1-5-30-32-19-29(54)13-14-37(32)48-41-34(30)23-52-38(41)21-36-35(43(52)57)24-61-44(58)47(36,6-2)62-46(60)51-17-15-27(16-18-51)8-7-26-9-11-28(12-10-26)53-42(49-50-45(53)59)33-20-31(25(3)4)39(55)22-40(33)56/h9-14,19-22,25,27,44,54-56,58H,5-8,15-18,23-24H2,1-4H3,(H,50,59). The fraction of sp³-hybridized carbons (Fsp3) is 0.383. The molecular weight excluding hydrogens is 793 g/mol. The molecule has 1 amide bonds. The van der Waals surface area contributed by atoms with Crippen molar-refractivity contribution in [3.63, 3.8) is 0 Å². The Hall–Kier alpha value is -6.45. The van der Waals surface area contributed by atoms with Gasteiger partial charge in [-0.25, -0.2) is 24.2 Å². The second kappa shape index (κ2) is 15.8. The summed E-state index contributed by atoms with van der Waals surface area (Å²) in [5.41, 5.74) is 4.85. The van der Waals surface area contributed by atoms with E-state index in [0.717, 1.165) is 47.8 Å². The Morgan fingerprint density at radius 1 is 0.984 bits per heavy atom. The highest BCUT2D eigenvalue weighted by Gasteiger charge is 2.50. The van der Waals surface area contributed by atoms with Crippen LogP contribution in [0.15, 0.2) is 70.3 Å². The summed E-state index contributed by atoms with van der Waals surface area (Å²) in [6.45, 7) is 8.79. The van der Waals surface area contributed by atoms with Gasteiger partial charge in [0.15, 0.2) is 17.7 Å². The highest BCUT2D eigenvalue weighted by Crippen LogP contribution is 2.44. The summed E-state index contributed by atoms with van der Waals surface area (Å²) in [5, 5.41) is 50.2. The zero-order chi connectivity index (χ0) is 43.6. The van der Waals surface area contributed by atoms with Crippen LogP contribution in [0.2, 0.25) is 0 Å². The molecule has 0 radical (unpaired) electrons. The van der Waals surface area contributed by atoms with Gasteiger partial charge in [-0.2, -0.15) is 5.10 Å². The smallest absolute Gasteiger partial charge is 0.410 e. The first kappa shape index (κ1) is 40.9. The van der Waals surface area contributed by atoms with Crippen LogP contribution in [-0.2, 0) is 41.1 Å². The van der Waals surface area contributed by atoms with Crippen LogP contribution in [0.5, 0.6) is 17.2 Å². The van der Waals surface area contributed by atoms with Crippen LogP contribution in [0.25, 0.3) is 39.4 Å². The molecule has 3 aliphatic heterocycles. The Bertz CT molecular complexity index is 2860. The minimum absolute atomic E-state index is 0.0198. The number of aromatic hydroxyl groups is 3. The van der Waals surface area contributed by atoms with Crippen molar-refractivity contribution in [1.82, 2.24) is 29.2 Å². The van der Waals surface area contributed by atoms with E-state index in [1.165, 1.54) is 10.6 Å². The molecule has 1 saturated heterocycles. The number of aromatic nitrogens is 5. The van der Waals surface area contributed by atoms with Crippen molar-refractivity contribution in [3.8, 4) is 45.7 Å². The third-order valence-electron chi connectivity index (χ3n) is 13.1. The molecule has 5 N–H and O–H groups in total. The minimum atomic E-state index is -1.62. The quantitative estimate of drug-likeness (QED) is 0.103. The van der Waals surface area contributed by atoms with Crippen LogP contribution in [0.1, 0.15) is 92.7 Å². The Labute approximate surface area is 356 Å². The van der Waals surface area contributed by atoms with Crippen LogP contribution in [0, 0.1) is 5.92 Å². The second-order valence-corrected chi connectivity index (χ2v) is 17.0. The number of phenols is 3. The summed E-state index contributed by atoms with van der Waals surface area (Å²) in [7, 11) is 0. The Kier molecular flexibility index (Phi) is 10.4. The number of aliphatic hydroxyl groups excluding tert-OH is 1. The number of hydrogen-bond acceptors (Lipinski definition) is 11. The van der Waals surface area contributed by atoms with Crippen molar-refractivity contribution in [2.24, 2.45) is 5.92 Å². The average molecular weight is 843 g/mol. The van der Waals surface area contributed by atoms with E-state index >= 15 is 0 Å². The minimum Gasteiger partial charge on any atom is -0.508 e. The number of aromatic amines is 1. The predicted octanol–water partition coefficient (Wildman–Crippen LogP) is 6.70. The Balaban J connectivity index is 0.878. The number of nitrogens with one attached hydrogen (secondary N) is 1. The number of aryl methyl sites for hydroxylation is 2. The molecule has 6 aromatic rings. The Morgan fingerprint density at radius 2 is 1.74 bits per heavy atom. The van der Waals surface area contributed by atoms with Gasteiger partial charge in [-0.3, -0.25) is 4.79 Å². The molecule has 62 heavy (non-hydrogen) atoms. The number of ether oxygens (including phenoxy) is 2. The highest BCUT2D eigenvalue weighted by atomic mass is 16.7. The number of piperidine rings is 1. The number of carbonyl (C=O) groups excluding carboxylic acids is 1. The molecule has 2 atom stereocenters. The molecule has 322 valence electrons. The van der Waals surface area contributed by atoms with Gasteiger partial charge < -0.3 is 39.4 Å². The molecule has 2 unspecified atom stereocenters. The molecule has 15 heteroatoms. The van der Waals surface area contributed by atoms with Gasteiger partial charge in [0.25, 0.3) is 5.56 Å². The molecule has 3 aromatic heterocycles. The van der Waals surface area contributed by atoms with Gasteiger partial charge in [-0.15, -0.1) is 0 Å². The van der Waals surface area contributed by atoms with Crippen molar-refractivity contribution in [2.45, 2.75) is 97.2 Å². The lowest BCUT2D eigenvalue weighted by Gasteiger charge is -2.42. The molecule has 6 heterocycles. The van der Waals surface area contributed by atoms with Gasteiger partial charge >= 0.3 is 11.8 Å². The van der Waals surface area contributed by atoms with Gasteiger partial charge in [0.05, 0.1) is 46.9 Å². The number of carbonyl (C=O) groups is 1. The van der Waals surface area contributed by atoms with E-state index in [4.69, 9.17) is 14.5 Å². The topological polar surface area (TPSA) is 205 Å². The van der Waals surface area contributed by atoms with Crippen molar-refractivity contribution in [2.75, 3.05) is 13.1 Å². The van der Waals surface area contributed by atoms with E-state index in [1.54, 1.807) is 40.7 Å². The molecular formula is C47H50N6O9. The second-order valence-electron chi connectivity index (χ2n) is 17.0. The maximum absolute atomic E-state index is 14.2. The number of amides is 1. The first-order chi connectivity index (χ1) is 29.8. The molecule has 0 aliphatic carbocycles. The lowest BCUT2D eigenvalue weighted by atomic mass is 9.84. The summed E-state index contributed by atoms with van der Waals surface area (Å²) in [6.07, 6.45) is 1.95. The lowest BCUT2D eigenvalue weighted by Crippen LogP contribution is -2.52. The zero-order valence-corrected chi connectivity index (χ0v) is 35.1. The number of hydrogen-bond donors (Lipinski definition) is 5. The normalized spacial score (nSPS) is 18.5. The van der Waals surface area contributed by atoms with Crippen molar-refractivity contribution < 1.29 is 34.7 Å². The molecule has 0 bridgehead atoms. The van der Waals surface area contributed by atoms with Crippen LogP contribution in [0.4, 0.5) is 4.79 Å². The monoisotopic (exact) mass is 842 g/mol. The fourth-order valence-corrected chi connectivity index (χ4v) is 9.59. The van der Waals surface area contributed by atoms with Crippen molar-refractivity contribution in [1.29, 1.82) is 0 Å². The van der Waals surface area contributed by atoms with Crippen molar-refractivity contribution in [3.05, 3.63) is 115 Å². The third kappa shape index (κ3) is 6.79. The van der Waals surface area contributed by atoms with Gasteiger partial charge in [0.2, 0.25) is 0 Å². The maximum Gasteiger partial charge on any atom is 0.410 e. The van der Waals surface area contributed by atoms with Gasteiger partial charge in [0, 0.05) is 35.7 Å². The van der Waals surface area contributed by atoms with Gasteiger partial charge in [-0.05, 0) is 110 Å². The van der Waals surface area contributed by atoms with Crippen LogP contribution in [-0.4, -0.2) is 75.1 Å². The van der Waals surface area contributed by atoms with E-state index in [1.807, 2.05) is 51.1 Å².